The van der Waals surface area contributed by atoms with Gasteiger partial charge in [0.1, 0.15) is 0 Å². The summed E-state index contributed by atoms with van der Waals surface area (Å²) in [4.78, 5) is 13.0. The standard InChI is InChI=1S/C24H22N2O/c27-24(26-21-14-8-3-9-15-21)22-16-19(18-10-4-1-5-11-18)17-23(22)25-20-12-6-2-7-13-20/h1-15,19,25H,16-17H2,(H,26,27). The van der Waals surface area contributed by atoms with Crippen molar-refractivity contribution >= 4 is 17.3 Å². The summed E-state index contributed by atoms with van der Waals surface area (Å²) in [6, 6.07) is 30.1. The summed E-state index contributed by atoms with van der Waals surface area (Å²) in [5.41, 5.74) is 4.93. The molecule has 0 aliphatic heterocycles. The molecule has 1 aliphatic rings. The van der Waals surface area contributed by atoms with Crippen molar-refractivity contribution in [2.45, 2.75) is 18.8 Å². The van der Waals surface area contributed by atoms with E-state index in [1.54, 1.807) is 0 Å². The summed E-state index contributed by atoms with van der Waals surface area (Å²) in [6.45, 7) is 0. The first-order valence-electron chi connectivity index (χ1n) is 9.25. The molecule has 3 aromatic rings. The highest BCUT2D eigenvalue weighted by Crippen LogP contribution is 2.39. The number of amides is 1. The summed E-state index contributed by atoms with van der Waals surface area (Å²) in [6.07, 6.45) is 1.56. The average Bonchev–Trinajstić information content (AvgIpc) is 3.14. The Labute approximate surface area is 159 Å². The fraction of sp³-hybridized carbons (Fsp3) is 0.125. The van der Waals surface area contributed by atoms with Crippen LogP contribution in [-0.2, 0) is 4.79 Å². The molecule has 1 unspecified atom stereocenters. The van der Waals surface area contributed by atoms with Crippen LogP contribution in [-0.4, -0.2) is 5.91 Å². The third-order valence-corrected chi connectivity index (χ3v) is 4.91. The Morgan fingerprint density at radius 3 is 1.89 bits per heavy atom. The van der Waals surface area contributed by atoms with Crippen molar-refractivity contribution in [1.82, 2.24) is 0 Å². The van der Waals surface area contributed by atoms with E-state index in [9.17, 15) is 4.79 Å². The van der Waals surface area contributed by atoms with E-state index in [4.69, 9.17) is 0 Å². The van der Waals surface area contributed by atoms with Crippen LogP contribution in [0.5, 0.6) is 0 Å². The molecular weight excluding hydrogens is 332 g/mol. The first-order valence-corrected chi connectivity index (χ1v) is 9.25. The van der Waals surface area contributed by atoms with Crippen molar-refractivity contribution in [3.63, 3.8) is 0 Å². The predicted octanol–water partition coefficient (Wildman–Crippen LogP) is 5.57. The molecular formula is C24H22N2O. The zero-order valence-corrected chi connectivity index (χ0v) is 15.1. The first-order chi connectivity index (χ1) is 13.3. The fourth-order valence-corrected chi connectivity index (χ4v) is 3.55. The van der Waals surface area contributed by atoms with E-state index in [-0.39, 0.29) is 5.91 Å². The summed E-state index contributed by atoms with van der Waals surface area (Å²) in [5, 5.41) is 6.51. The summed E-state index contributed by atoms with van der Waals surface area (Å²) in [5.74, 6) is 0.284. The molecule has 4 rings (SSSR count). The topological polar surface area (TPSA) is 41.1 Å². The lowest BCUT2D eigenvalue weighted by molar-refractivity contribution is -0.113. The van der Waals surface area contributed by atoms with Crippen LogP contribution < -0.4 is 10.6 Å². The van der Waals surface area contributed by atoms with E-state index in [0.29, 0.717) is 5.92 Å². The highest BCUT2D eigenvalue weighted by atomic mass is 16.1. The minimum atomic E-state index is -0.0296. The Balaban J connectivity index is 1.59. The van der Waals surface area contributed by atoms with Gasteiger partial charge in [-0.1, -0.05) is 66.7 Å². The van der Waals surface area contributed by atoms with Gasteiger partial charge in [0.2, 0.25) is 0 Å². The van der Waals surface area contributed by atoms with Crippen molar-refractivity contribution in [1.29, 1.82) is 0 Å². The molecule has 0 heterocycles. The van der Waals surface area contributed by atoms with Crippen molar-refractivity contribution < 1.29 is 4.79 Å². The van der Waals surface area contributed by atoms with Gasteiger partial charge in [-0.3, -0.25) is 4.79 Å². The fourth-order valence-electron chi connectivity index (χ4n) is 3.55. The zero-order valence-electron chi connectivity index (χ0n) is 15.1. The van der Waals surface area contributed by atoms with Crippen LogP contribution in [0.4, 0.5) is 11.4 Å². The molecule has 134 valence electrons. The number of hydrogen-bond donors (Lipinski definition) is 2. The van der Waals surface area contributed by atoms with E-state index in [1.807, 2.05) is 66.7 Å². The molecule has 0 radical (unpaired) electrons. The Morgan fingerprint density at radius 1 is 0.704 bits per heavy atom. The molecule has 2 N–H and O–H groups in total. The molecule has 0 spiro atoms. The lowest BCUT2D eigenvalue weighted by Crippen LogP contribution is -2.16. The number of nitrogens with one attached hydrogen (secondary N) is 2. The summed E-state index contributed by atoms with van der Waals surface area (Å²) < 4.78 is 0. The van der Waals surface area contributed by atoms with Crippen LogP contribution in [0.2, 0.25) is 0 Å². The Kier molecular flexibility index (Phi) is 5.01. The number of allylic oxidation sites excluding steroid dienone is 1. The van der Waals surface area contributed by atoms with Crippen molar-refractivity contribution in [3.8, 4) is 0 Å². The number of anilines is 2. The molecule has 0 saturated carbocycles. The average molecular weight is 354 g/mol. The highest BCUT2D eigenvalue weighted by Gasteiger charge is 2.29. The maximum atomic E-state index is 13.0. The van der Waals surface area contributed by atoms with E-state index < -0.39 is 0 Å². The summed E-state index contributed by atoms with van der Waals surface area (Å²) in [7, 11) is 0. The first kappa shape index (κ1) is 17.1. The molecule has 1 aliphatic carbocycles. The number of para-hydroxylation sites is 2. The SMILES string of the molecule is O=C(Nc1ccccc1)C1=C(Nc2ccccc2)CC(c2ccccc2)C1. The molecule has 0 saturated heterocycles. The minimum Gasteiger partial charge on any atom is -0.358 e. The van der Waals surface area contributed by atoms with Crippen LogP contribution in [0.15, 0.2) is 102 Å². The van der Waals surface area contributed by atoms with E-state index in [2.05, 4.69) is 34.9 Å². The lowest BCUT2D eigenvalue weighted by atomic mass is 9.95. The molecule has 0 aromatic heterocycles. The van der Waals surface area contributed by atoms with E-state index in [1.165, 1.54) is 5.56 Å². The van der Waals surface area contributed by atoms with Crippen molar-refractivity contribution in [3.05, 3.63) is 108 Å². The molecule has 3 aromatic carbocycles. The van der Waals surface area contributed by atoms with Crippen LogP contribution >= 0.6 is 0 Å². The van der Waals surface area contributed by atoms with Gasteiger partial charge in [-0.15, -0.1) is 0 Å². The Morgan fingerprint density at radius 2 is 1.26 bits per heavy atom. The number of carbonyl (C=O) groups is 1. The van der Waals surface area contributed by atoms with Gasteiger partial charge in [-0.25, -0.2) is 0 Å². The third kappa shape index (κ3) is 4.09. The molecule has 27 heavy (non-hydrogen) atoms. The van der Waals surface area contributed by atoms with Gasteiger partial charge < -0.3 is 10.6 Å². The predicted molar refractivity (Wildman–Crippen MR) is 111 cm³/mol. The normalized spacial score (nSPS) is 16.2. The van der Waals surface area contributed by atoms with E-state index in [0.717, 1.165) is 35.5 Å². The second-order valence-corrected chi connectivity index (χ2v) is 6.78. The minimum absolute atomic E-state index is 0.0296. The van der Waals surface area contributed by atoms with Crippen molar-refractivity contribution in [2.75, 3.05) is 10.6 Å². The van der Waals surface area contributed by atoms with Gasteiger partial charge >= 0.3 is 0 Å². The largest absolute Gasteiger partial charge is 0.358 e. The van der Waals surface area contributed by atoms with Crippen LogP contribution in [0, 0.1) is 0 Å². The number of carbonyl (C=O) groups excluding carboxylic acids is 1. The van der Waals surface area contributed by atoms with Crippen LogP contribution in [0.1, 0.15) is 24.3 Å². The third-order valence-electron chi connectivity index (χ3n) is 4.91. The summed E-state index contributed by atoms with van der Waals surface area (Å²) >= 11 is 0. The molecule has 3 nitrogen and oxygen atoms in total. The smallest absolute Gasteiger partial charge is 0.253 e. The van der Waals surface area contributed by atoms with Gasteiger partial charge in [-0.2, -0.15) is 0 Å². The van der Waals surface area contributed by atoms with Gasteiger partial charge in [0.05, 0.1) is 0 Å². The quantitative estimate of drug-likeness (QED) is 0.629. The highest BCUT2D eigenvalue weighted by molar-refractivity contribution is 6.05. The van der Waals surface area contributed by atoms with Gasteiger partial charge in [0.15, 0.2) is 0 Å². The van der Waals surface area contributed by atoms with Gasteiger partial charge in [0, 0.05) is 22.6 Å². The maximum Gasteiger partial charge on any atom is 0.253 e. The monoisotopic (exact) mass is 354 g/mol. The molecule has 0 fully saturated rings. The van der Waals surface area contributed by atoms with Gasteiger partial charge in [0.25, 0.3) is 5.91 Å². The maximum absolute atomic E-state index is 13.0. The van der Waals surface area contributed by atoms with Gasteiger partial charge in [-0.05, 0) is 48.6 Å². The number of benzene rings is 3. The second-order valence-electron chi connectivity index (χ2n) is 6.78. The van der Waals surface area contributed by atoms with Crippen LogP contribution in [0.3, 0.4) is 0 Å². The molecule has 1 atom stereocenters. The molecule has 0 bridgehead atoms. The second kappa shape index (κ2) is 7.92. The van der Waals surface area contributed by atoms with Crippen molar-refractivity contribution in [2.24, 2.45) is 0 Å². The number of hydrogen-bond acceptors (Lipinski definition) is 2. The van der Waals surface area contributed by atoms with Crippen LogP contribution in [0.25, 0.3) is 0 Å². The Bertz CT molecular complexity index is 934. The Hall–Kier alpha value is -3.33. The number of rotatable bonds is 5. The van der Waals surface area contributed by atoms with E-state index >= 15 is 0 Å². The zero-order chi connectivity index (χ0) is 18.5. The lowest BCUT2D eigenvalue weighted by Gasteiger charge is -2.12. The molecule has 3 heteroatoms. The molecule has 1 amide bonds.